The fraction of sp³-hybridized carbons (Fsp3) is 0.562. The Morgan fingerprint density at radius 2 is 1.92 bits per heavy atom. The summed E-state index contributed by atoms with van der Waals surface area (Å²) in [5, 5.41) is 18.7. The highest BCUT2D eigenvalue weighted by Crippen LogP contribution is 2.51. The predicted octanol–water partition coefficient (Wildman–Crippen LogP) is 3.90. The summed E-state index contributed by atoms with van der Waals surface area (Å²) in [5.41, 5.74) is -1.90. The number of nitriles is 1. The van der Waals surface area contributed by atoms with Crippen molar-refractivity contribution in [1.29, 1.82) is 5.26 Å². The van der Waals surface area contributed by atoms with Gasteiger partial charge < -0.3 is 10.0 Å². The van der Waals surface area contributed by atoms with E-state index in [2.05, 4.69) is 0 Å². The van der Waals surface area contributed by atoms with Gasteiger partial charge >= 0.3 is 6.18 Å². The molecule has 142 valence electrons. The van der Waals surface area contributed by atoms with E-state index in [1.165, 1.54) is 6.07 Å². The van der Waals surface area contributed by atoms with Gasteiger partial charge in [-0.15, -0.1) is 0 Å². The zero-order valence-corrected chi connectivity index (χ0v) is 13.1. The van der Waals surface area contributed by atoms with E-state index in [-0.39, 0.29) is 6.42 Å². The fourth-order valence-corrected chi connectivity index (χ4v) is 3.83. The quantitative estimate of drug-likeness (QED) is 0.700. The normalized spacial score (nSPS) is 34.2. The Morgan fingerprint density at radius 3 is 2.50 bits per heavy atom. The molecule has 1 fully saturated rings. The molecule has 0 aromatic carbocycles. The fourth-order valence-electron chi connectivity index (χ4n) is 3.83. The van der Waals surface area contributed by atoms with E-state index < -0.39 is 71.8 Å². The van der Waals surface area contributed by atoms with Crippen LogP contribution >= 0.6 is 0 Å². The molecule has 0 aromatic heterocycles. The van der Waals surface area contributed by atoms with Crippen molar-refractivity contribution in [1.82, 2.24) is 4.90 Å². The average Bonchev–Trinajstić information content (AvgIpc) is 2.94. The first-order valence-electron chi connectivity index (χ1n) is 7.76. The molecule has 26 heavy (non-hydrogen) atoms. The number of alkyl halides is 5. The molecule has 3 aliphatic rings. The Labute approximate surface area is 143 Å². The van der Waals surface area contributed by atoms with Crippen LogP contribution in [0.4, 0.5) is 30.7 Å². The molecule has 0 saturated heterocycles. The number of halogens is 7. The van der Waals surface area contributed by atoms with E-state index in [1.807, 2.05) is 0 Å². The second kappa shape index (κ2) is 6.01. The molecule has 10 heteroatoms. The molecule has 0 aromatic rings. The summed E-state index contributed by atoms with van der Waals surface area (Å²) in [5.74, 6) is -8.35. The van der Waals surface area contributed by atoms with Gasteiger partial charge in [0.2, 0.25) is 0 Å². The van der Waals surface area contributed by atoms with Crippen molar-refractivity contribution in [3.05, 3.63) is 35.1 Å². The van der Waals surface area contributed by atoms with Gasteiger partial charge in [0.15, 0.2) is 11.7 Å². The van der Waals surface area contributed by atoms with Gasteiger partial charge in [-0.1, -0.05) is 0 Å². The van der Waals surface area contributed by atoms with Crippen molar-refractivity contribution in [2.45, 2.75) is 49.5 Å². The Morgan fingerprint density at radius 1 is 1.27 bits per heavy atom. The second-order valence-electron chi connectivity index (χ2n) is 6.56. The minimum atomic E-state index is -4.97. The van der Waals surface area contributed by atoms with Crippen molar-refractivity contribution >= 4 is 0 Å². The number of rotatable bonds is 1. The van der Waals surface area contributed by atoms with Gasteiger partial charge in [0, 0.05) is 31.0 Å². The van der Waals surface area contributed by atoms with E-state index in [4.69, 9.17) is 5.26 Å². The van der Waals surface area contributed by atoms with Crippen LogP contribution in [-0.2, 0) is 0 Å². The monoisotopic (exact) mass is 382 g/mol. The second-order valence-corrected chi connectivity index (χ2v) is 6.56. The molecule has 4 unspecified atom stereocenters. The van der Waals surface area contributed by atoms with E-state index in [9.17, 15) is 35.8 Å². The molecule has 1 saturated carbocycles. The third-order valence-electron chi connectivity index (χ3n) is 5.06. The third-order valence-corrected chi connectivity index (χ3v) is 5.06. The maximum Gasteiger partial charge on any atom is 0.414 e. The molecule has 2 aliphatic carbocycles. The molecule has 0 radical (unpaired) electrons. The van der Waals surface area contributed by atoms with Crippen molar-refractivity contribution < 1.29 is 35.8 Å². The number of hydrogen-bond donors (Lipinski definition) is 1. The highest BCUT2D eigenvalue weighted by atomic mass is 19.4. The van der Waals surface area contributed by atoms with Crippen LogP contribution in [0.25, 0.3) is 0 Å². The number of nitrogens with zero attached hydrogens (tertiary/aromatic N) is 2. The van der Waals surface area contributed by atoms with Crippen molar-refractivity contribution in [2.24, 2.45) is 5.92 Å². The molecule has 1 N–H and O–H groups in total. The van der Waals surface area contributed by atoms with Gasteiger partial charge in [0.05, 0.1) is 23.3 Å². The summed E-state index contributed by atoms with van der Waals surface area (Å²) in [7, 11) is 0. The standard InChI is InChI=1S/C16H13F7N2O/c17-10-4-8(3-7(5-24)13(10)18)25-6-9(16(21,22)23)12-11(25)1-2-15(19,20)14(12)26/h4,6,8,11-12,14,26H,1-3H2. The SMILES string of the molecule is N#CC1=C(F)C(F)=CC(N2C=C(C(F)(F)F)C3C2CCC(F)(F)C3O)C1. The summed E-state index contributed by atoms with van der Waals surface area (Å²) in [6.07, 6.45) is -7.81. The van der Waals surface area contributed by atoms with Crippen LogP contribution in [0.3, 0.4) is 0 Å². The van der Waals surface area contributed by atoms with Crippen LogP contribution < -0.4 is 0 Å². The maximum atomic E-state index is 13.8. The molecule has 0 bridgehead atoms. The van der Waals surface area contributed by atoms with Gasteiger partial charge in [-0.2, -0.15) is 18.4 Å². The first kappa shape index (κ1) is 18.8. The van der Waals surface area contributed by atoms with Crippen LogP contribution in [0.5, 0.6) is 0 Å². The van der Waals surface area contributed by atoms with E-state index >= 15 is 0 Å². The van der Waals surface area contributed by atoms with E-state index in [0.29, 0.717) is 6.20 Å². The molecule has 1 aliphatic heterocycles. The minimum absolute atomic E-state index is 0.370. The minimum Gasteiger partial charge on any atom is -0.386 e. The first-order chi connectivity index (χ1) is 12.0. The predicted molar refractivity (Wildman–Crippen MR) is 74.8 cm³/mol. The lowest BCUT2D eigenvalue weighted by molar-refractivity contribution is -0.173. The Balaban J connectivity index is 2.00. The zero-order valence-electron chi connectivity index (χ0n) is 13.1. The van der Waals surface area contributed by atoms with Gasteiger partial charge in [-0.05, 0) is 12.5 Å². The molecular formula is C16H13F7N2O. The number of hydrogen-bond acceptors (Lipinski definition) is 3. The lowest BCUT2D eigenvalue weighted by atomic mass is 9.77. The number of allylic oxidation sites excluding steroid dienone is 2. The van der Waals surface area contributed by atoms with E-state index in [1.54, 1.807) is 0 Å². The largest absolute Gasteiger partial charge is 0.414 e. The van der Waals surface area contributed by atoms with E-state index in [0.717, 1.165) is 11.0 Å². The summed E-state index contributed by atoms with van der Waals surface area (Å²) in [6, 6.07) is -0.842. The molecule has 1 heterocycles. The number of aliphatic hydroxyl groups excluding tert-OH is 1. The summed E-state index contributed by atoms with van der Waals surface area (Å²) in [4.78, 5) is 1.01. The highest BCUT2D eigenvalue weighted by Gasteiger charge is 2.60. The molecule has 3 nitrogen and oxygen atoms in total. The van der Waals surface area contributed by atoms with Gasteiger partial charge in [0.25, 0.3) is 5.92 Å². The molecule has 0 amide bonds. The average molecular weight is 382 g/mol. The first-order valence-corrected chi connectivity index (χ1v) is 7.76. The Bertz CT molecular complexity index is 747. The van der Waals surface area contributed by atoms with Crippen LogP contribution in [0.1, 0.15) is 19.3 Å². The van der Waals surface area contributed by atoms with Crippen molar-refractivity contribution in [2.75, 3.05) is 0 Å². The van der Waals surface area contributed by atoms with Crippen molar-refractivity contribution in [3.8, 4) is 6.07 Å². The lowest BCUT2D eigenvalue weighted by Crippen LogP contribution is -2.54. The lowest BCUT2D eigenvalue weighted by Gasteiger charge is -2.43. The molecular weight excluding hydrogens is 369 g/mol. The highest BCUT2D eigenvalue weighted by molar-refractivity contribution is 5.40. The number of fused-ring (bicyclic) bond motifs is 1. The maximum absolute atomic E-state index is 13.8. The summed E-state index contributed by atoms with van der Waals surface area (Å²) in [6.45, 7) is 0. The van der Waals surface area contributed by atoms with Crippen LogP contribution in [0, 0.1) is 17.2 Å². The van der Waals surface area contributed by atoms with Crippen LogP contribution in [-0.4, -0.2) is 40.3 Å². The van der Waals surface area contributed by atoms with Crippen molar-refractivity contribution in [3.63, 3.8) is 0 Å². The zero-order chi connectivity index (χ0) is 19.4. The Hall–Kier alpha value is -2.02. The van der Waals surface area contributed by atoms with Crippen LogP contribution in [0.15, 0.2) is 35.1 Å². The summed E-state index contributed by atoms with van der Waals surface area (Å²) < 4.78 is 94.7. The third kappa shape index (κ3) is 2.88. The summed E-state index contributed by atoms with van der Waals surface area (Å²) >= 11 is 0. The van der Waals surface area contributed by atoms with Gasteiger partial charge in [-0.25, -0.2) is 17.6 Å². The topological polar surface area (TPSA) is 47.3 Å². The molecule has 4 atom stereocenters. The van der Waals surface area contributed by atoms with Gasteiger partial charge in [0.1, 0.15) is 6.10 Å². The van der Waals surface area contributed by atoms with Crippen LogP contribution in [0.2, 0.25) is 0 Å². The van der Waals surface area contributed by atoms with Gasteiger partial charge in [-0.3, -0.25) is 0 Å². The number of aliphatic hydroxyl groups is 1. The smallest absolute Gasteiger partial charge is 0.386 e. The Kier molecular flexibility index (Phi) is 4.34. The molecule has 3 rings (SSSR count). The molecule has 0 spiro atoms.